The first-order valence-electron chi connectivity index (χ1n) is 13.3. The van der Waals surface area contributed by atoms with Gasteiger partial charge in [0, 0.05) is 12.5 Å². The van der Waals surface area contributed by atoms with Crippen molar-refractivity contribution >= 4 is 17.7 Å². The highest BCUT2D eigenvalue weighted by atomic mass is 16.5. The van der Waals surface area contributed by atoms with Gasteiger partial charge in [0.15, 0.2) is 11.5 Å². The van der Waals surface area contributed by atoms with Crippen LogP contribution in [0.15, 0.2) is 12.1 Å². The highest BCUT2D eigenvalue weighted by molar-refractivity contribution is 6.37. The highest BCUT2D eigenvalue weighted by Crippen LogP contribution is 2.38. The Labute approximate surface area is 214 Å². The number of aryl methyl sites for hydroxylation is 1. The van der Waals surface area contributed by atoms with Gasteiger partial charge in [-0.1, -0.05) is 19.3 Å². The van der Waals surface area contributed by atoms with Crippen molar-refractivity contribution in [1.29, 1.82) is 0 Å². The molecule has 1 aliphatic carbocycles. The van der Waals surface area contributed by atoms with Crippen molar-refractivity contribution < 1.29 is 33.3 Å². The number of piperidine rings is 1. The number of benzene rings is 1. The van der Waals surface area contributed by atoms with E-state index in [9.17, 15) is 14.4 Å². The fourth-order valence-corrected chi connectivity index (χ4v) is 5.26. The van der Waals surface area contributed by atoms with Crippen molar-refractivity contribution in [1.82, 2.24) is 4.90 Å². The second-order valence-electron chi connectivity index (χ2n) is 9.72. The van der Waals surface area contributed by atoms with Crippen LogP contribution in [0.5, 0.6) is 17.2 Å². The van der Waals surface area contributed by atoms with Gasteiger partial charge in [-0.05, 0) is 75.5 Å². The van der Waals surface area contributed by atoms with E-state index in [0.29, 0.717) is 36.8 Å². The van der Waals surface area contributed by atoms with Crippen molar-refractivity contribution in [2.45, 2.75) is 83.1 Å². The molecule has 8 heteroatoms. The monoisotopic (exact) mass is 503 g/mol. The summed E-state index contributed by atoms with van der Waals surface area (Å²) in [6.07, 6.45) is 10.3. The summed E-state index contributed by atoms with van der Waals surface area (Å²) in [5.41, 5.74) is 1.08. The number of amides is 1. The molecule has 200 valence electrons. The summed E-state index contributed by atoms with van der Waals surface area (Å²) in [7, 11) is 4.78. The number of nitrogens with zero attached hydrogens (tertiary/aromatic N) is 1. The van der Waals surface area contributed by atoms with Crippen molar-refractivity contribution in [3.8, 4) is 17.2 Å². The molecule has 1 unspecified atom stereocenters. The maximum atomic E-state index is 12.9. The van der Waals surface area contributed by atoms with Crippen molar-refractivity contribution in [2.75, 3.05) is 34.5 Å². The Hall–Kier alpha value is -2.77. The first-order chi connectivity index (χ1) is 17.5. The Morgan fingerprint density at radius 2 is 1.50 bits per heavy atom. The molecule has 3 rings (SSSR count). The number of Topliss-reactive ketones (excluding diaryl/α,β-unsaturated/α-hetero) is 1. The predicted octanol–water partition coefficient (Wildman–Crippen LogP) is 4.50. The van der Waals surface area contributed by atoms with Crippen LogP contribution in [0.1, 0.15) is 76.2 Å². The number of ether oxygens (including phenoxy) is 4. The smallest absolute Gasteiger partial charge is 0.328 e. The van der Waals surface area contributed by atoms with Crippen LogP contribution in [-0.4, -0.2) is 63.1 Å². The molecule has 0 N–H and O–H groups in total. The number of hydrogen-bond acceptors (Lipinski definition) is 7. The lowest BCUT2D eigenvalue weighted by atomic mass is 9.85. The van der Waals surface area contributed by atoms with E-state index in [1.165, 1.54) is 4.90 Å². The Bertz CT molecular complexity index is 869. The van der Waals surface area contributed by atoms with Gasteiger partial charge in [-0.15, -0.1) is 0 Å². The summed E-state index contributed by atoms with van der Waals surface area (Å²) in [6, 6.07) is 3.26. The van der Waals surface area contributed by atoms with Crippen molar-refractivity contribution in [3.63, 3.8) is 0 Å². The van der Waals surface area contributed by atoms with Crippen LogP contribution in [0.3, 0.4) is 0 Å². The number of rotatable bonds is 12. The molecule has 1 atom stereocenters. The van der Waals surface area contributed by atoms with E-state index in [2.05, 4.69) is 0 Å². The van der Waals surface area contributed by atoms with Crippen LogP contribution in [0.2, 0.25) is 0 Å². The Morgan fingerprint density at radius 1 is 0.833 bits per heavy atom. The zero-order chi connectivity index (χ0) is 25.9. The Kier molecular flexibility index (Phi) is 10.9. The average molecular weight is 504 g/mol. The maximum absolute atomic E-state index is 12.9. The van der Waals surface area contributed by atoms with Gasteiger partial charge in [0.25, 0.3) is 5.91 Å². The standard InChI is InChI=1S/C28H41NO7/c1-33-23-18-20(19-24(34-2)26(23)35-3)12-6-5-11-17-36-28(32)22-15-9-10-16-29(22)27(31)25(30)21-13-7-4-8-14-21/h18-19,21-22H,4-17H2,1-3H3. The minimum Gasteiger partial charge on any atom is -0.493 e. The molecule has 2 fully saturated rings. The van der Waals surface area contributed by atoms with E-state index < -0.39 is 11.9 Å². The van der Waals surface area contributed by atoms with E-state index in [0.717, 1.165) is 76.2 Å². The second-order valence-corrected chi connectivity index (χ2v) is 9.72. The molecule has 1 aromatic rings. The number of ketones is 1. The molecule has 0 bridgehead atoms. The number of esters is 1. The molecular weight excluding hydrogens is 462 g/mol. The lowest BCUT2D eigenvalue weighted by molar-refractivity contribution is -0.160. The van der Waals surface area contributed by atoms with E-state index >= 15 is 0 Å². The molecule has 1 heterocycles. The topological polar surface area (TPSA) is 91.4 Å². The molecule has 1 aromatic carbocycles. The van der Waals surface area contributed by atoms with Gasteiger partial charge in [-0.25, -0.2) is 4.79 Å². The molecule has 0 radical (unpaired) electrons. The maximum Gasteiger partial charge on any atom is 0.328 e. The fraction of sp³-hybridized carbons (Fsp3) is 0.679. The predicted molar refractivity (Wildman–Crippen MR) is 136 cm³/mol. The van der Waals surface area contributed by atoms with Gasteiger partial charge in [-0.3, -0.25) is 9.59 Å². The van der Waals surface area contributed by atoms with Gasteiger partial charge in [0.1, 0.15) is 6.04 Å². The first kappa shape index (κ1) is 27.8. The largest absolute Gasteiger partial charge is 0.493 e. The second kappa shape index (κ2) is 14.1. The number of carbonyl (C=O) groups is 3. The van der Waals surface area contributed by atoms with E-state index in [4.69, 9.17) is 18.9 Å². The molecule has 8 nitrogen and oxygen atoms in total. The Morgan fingerprint density at radius 3 is 2.14 bits per heavy atom. The zero-order valence-electron chi connectivity index (χ0n) is 22.0. The SMILES string of the molecule is COc1cc(CCCCCOC(=O)C2CCCCN2C(=O)C(=O)C2CCCCC2)cc(OC)c1OC. The molecule has 0 spiro atoms. The molecular formula is C28H41NO7. The molecule has 1 saturated heterocycles. The number of methoxy groups -OCH3 is 3. The summed E-state index contributed by atoms with van der Waals surface area (Å²) < 4.78 is 21.7. The van der Waals surface area contributed by atoms with Gasteiger partial charge in [0.2, 0.25) is 11.5 Å². The lowest BCUT2D eigenvalue weighted by Crippen LogP contribution is -2.52. The van der Waals surface area contributed by atoms with Crippen LogP contribution in [-0.2, 0) is 25.5 Å². The van der Waals surface area contributed by atoms with Crippen molar-refractivity contribution in [2.24, 2.45) is 5.92 Å². The van der Waals surface area contributed by atoms with E-state index in [-0.39, 0.29) is 17.7 Å². The summed E-state index contributed by atoms with van der Waals surface area (Å²) in [5.74, 6) is 0.463. The third kappa shape index (κ3) is 7.14. The molecule has 1 saturated carbocycles. The average Bonchev–Trinajstić information content (AvgIpc) is 2.93. The van der Waals surface area contributed by atoms with Crippen LogP contribution in [0.4, 0.5) is 0 Å². The van der Waals surface area contributed by atoms with Crippen LogP contribution in [0, 0.1) is 5.92 Å². The first-order valence-corrected chi connectivity index (χ1v) is 13.3. The minimum absolute atomic E-state index is 0.185. The quantitative estimate of drug-likeness (QED) is 0.236. The molecule has 36 heavy (non-hydrogen) atoms. The van der Waals surface area contributed by atoms with Crippen LogP contribution in [0.25, 0.3) is 0 Å². The fourth-order valence-electron chi connectivity index (χ4n) is 5.26. The van der Waals surface area contributed by atoms with Crippen LogP contribution < -0.4 is 14.2 Å². The van der Waals surface area contributed by atoms with E-state index in [1.807, 2.05) is 12.1 Å². The summed E-state index contributed by atoms with van der Waals surface area (Å²) >= 11 is 0. The third-order valence-corrected chi connectivity index (χ3v) is 7.30. The highest BCUT2D eigenvalue weighted by Gasteiger charge is 2.38. The zero-order valence-corrected chi connectivity index (χ0v) is 22.0. The normalized spacial score (nSPS) is 18.4. The van der Waals surface area contributed by atoms with Gasteiger partial charge >= 0.3 is 5.97 Å². The Balaban J connectivity index is 1.43. The number of unbranched alkanes of at least 4 members (excludes halogenated alkanes) is 2. The molecule has 1 amide bonds. The minimum atomic E-state index is -0.641. The van der Waals surface area contributed by atoms with Gasteiger partial charge in [-0.2, -0.15) is 0 Å². The van der Waals surface area contributed by atoms with Gasteiger partial charge < -0.3 is 23.8 Å². The molecule has 1 aliphatic heterocycles. The summed E-state index contributed by atoms with van der Waals surface area (Å²) in [5, 5.41) is 0. The molecule has 0 aromatic heterocycles. The van der Waals surface area contributed by atoms with Crippen molar-refractivity contribution in [3.05, 3.63) is 17.7 Å². The number of hydrogen-bond donors (Lipinski definition) is 0. The number of carbonyl (C=O) groups excluding carboxylic acids is 3. The lowest BCUT2D eigenvalue weighted by Gasteiger charge is -2.34. The third-order valence-electron chi connectivity index (χ3n) is 7.30. The van der Waals surface area contributed by atoms with Crippen LogP contribution >= 0.6 is 0 Å². The number of likely N-dealkylation sites (tertiary alicyclic amines) is 1. The summed E-state index contributed by atoms with van der Waals surface area (Å²) in [6.45, 7) is 0.759. The summed E-state index contributed by atoms with van der Waals surface area (Å²) in [4.78, 5) is 40.0. The molecule has 2 aliphatic rings. The van der Waals surface area contributed by atoms with E-state index in [1.54, 1.807) is 21.3 Å². The van der Waals surface area contributed by atoms with Gasteiger partial charge in [0.05, 0.1) is 27.9 Å².